The fourth-order valence-electron chi connectivity index (χ4n) is 2.01. The Morgan fingerprint density at radius 1 is 1.41 bits per heavy atom. The van der Waals surface area contributed by atoms with Crippen LogP contribution < -0.4 is 0 Å². The lowest BCUT2D eigenvalue weighted by Gasteiger charge is -2.10. The van der Waals surface area contributed by atoms with Crippen molar-refractivity contribution in [1.29, 1.82) is 0 Å². The third-order valence-electron chi connectivity index (χ3n) is 2.67. The molecule has 0 saturated carbocycles. The average Bonchev–Trinajstić information content (AvgIpc) is 2.57. The quantitative estimate of drug-likeness (QED) is 0.764. The normalized spacial score (nSPS) is 13.5. The molecular weight excluding hydrogens is 246 g/mol. The van der Waals surface area contributed by atoms with Crippen LogP contribution >= 0.6 is 11.6 Å². The van der Waals surface area contributed by atoms with Crippen molar-refractivity contribution in [2.45, 2.75) is 32.2 Å². The summed E-state index contributed by atoms with van der Waals surface area (Å²) in [5.41, 5.74) is 2.39. The minimum atomic E-state index is -2.42. The van der Waals surface area contributed by atoms with Crippen LogP contribution in [0.1, 0.15) is 23.7 Å². The molecular formula is C12H13ClF2N2. The molecule has 1 unspecified atom stereocenters. The third-order valence-corrected chi connectivity index (χ3v) is 2.87. The van der Waals surface area contributed by atoms with E-state index >= 15 is 0 Å². The van der Waals surface area contributed by atoms with Gasteiger partial charge in [-0.2, -0.15) is 0 Å². The molecule has 0 saturated heterocycles. The number of hydrogen-bond donors (Lipinski definition) is 0. The fraction of sp³-hybridized carbons (Fsp3) is 0.417. The van der Waals surface area contributed by atoms with Gasteiger partial charge < -0.3 is 4.57 Å². The van der Waals surface area contributed by atoms with Gasteiger partial charge in [-0.25, -0.2) is 13.8 Å². The number of benzene rings is 1. The number of nitrogens with zero attached hydrogens (tertiary/aromatic N) is 2. The van der Waals surface area contributed by atoms with Gasteiger partial charge in [-0.15, -0.1) is 11.6 Å². The van der Waals surface area contributed by atoms with Crippen molar-refractivity contribution < 1.29 is 8.78 Å². The van der Waals surface area contributed by atoms with Crippen LogP contribution in [0.3, 0.4) is 0 Å². The summed E-state index contributed by atoms with van der Waals surface area (Å²) in [5, 5.41) is -0.388. The molecule has 2 rings (SSSR count). The van der Waals surface area contributed by atoms with E-state index in [0.717, 1.165) is 11.1 Å². The molecule has 0 fully saturated rings. The number of hydrogen-bond acceptors (Lipinski definition) is 1. The maximum Gasteiger partial charge on any atom is 0.256 e. The third kappa shape index (κ3) is 2.27. The maximum absolute atomic E-state index is 12.6. The van der Waals surface area contributed by atoms with E-state index in [-0.39, 0.29) is 11.9 Å². The standard InChI is InChI=1S/C12H13ClF2N2/c1-7-4-3-5-9-11(7)17(6-10(14)15)12(16-9)8(2)13/h3-5,8,10H,6H2,1-2H3. The molecule has 0 aliphatic rings. The minimum Gasteiger partial charge on any atom is -0.321 e. The summed E-state index contributed by atoms with van der Waals surface area (Å²) in [5.74, 6) is 0.497. The lowest BCUT2D eigenvalue weighted by Crippen LogP contribution is -2.11. The molecule has 0 aliphatic heterocycles. The molecule has 0 N–H and O–H groups in total. The molecule has 0 radical (unpaired) electrons. The minimum absolute atomic E-state index is 0.367. The highest BCUT2D eigenvalue weighted by atomic mass is 35.5. The highest BCUT2D eigenvalue weighted by Gasteiger charge is 2.18. The molecule has 2 nitrogen and oxygen atoms in total. The predicted molar refractivity (Wildman–Crippen MR) is 64.7 cm³/mol. The average molecular weight is 259 g/mol. The second-order valence-corrected chi connectivity index (χ2v) is 4.68. The van der Waals surface area contributed by atoms with Crippen molar-refractivity contribution in [3.05, 3.63) is 29.6 Å². The number of aryl methyl sites for hydroxylation is 1. The summed E-state index contributed by atoms with van der Waals surface area (Å²) < 4.78 is 26.7. The highest BCUT2D eigenvalue weighted by molar-refractivity contribution is 6.20. The Labute approximate surface area is 103 Å². The summed E-state index contributed by atoms with van der Waals surface area (Å²) in [7, 11) is 0. The van der Waals surface area contributed by atoms with E-state index in [1.54, 1.807) is 6.92 Å². The zero-order valence-electron chi connectivity index (χ0n) is 9.62. The molecule has 1 heterocycles. The van der Waals surface area contributed by atoms with Crippen LogP contribution in [-0.2, 0) is 6.54 Å². The lowest BCUT2D eigenvalue weighted by atomic mass is 10.2. The van der Waals surface area contributed by atoms with E-state index in [4.69, 9.17) is 11.6 Å². The Morgan fingerprint density at radius 3 is 2.71 bits per heavy atom. The summed E-state index contributed by atoms with van der Waals surface area (Å²) >= 11 is 5.99. The Morgan fingerprint density at radius 2 is 2.12 bits per heavy atom. The van der Waals surface area contributed by atoms with E-state index in [2.05, 4.69) is 4.98 Å². The van der Waals surface area contributed by atoms with E-state index in [1.807, 2.05) is 25.1 Å². The van der Waals surface area contributed by atoms with Gasteiger partial charge in [0.05, 0.1) is 23.0 Å². The molecule has 0 spiro atoms. The number of rotatable bonds is 3. The first-order chi connectivity index (χ1) is 8.00. The van der Waals surface area contributed by atoms with Crippen molar-refractivity contribution in [1.82, 2.24) is 9.55 Å². The topological polar surface area (TPSA) is 17.8 Å². The van der Waals surface area contributed by atoms with Gasteiger partial charge in [0.25, 0.3) is 6.43 Å². The Balaban J connectivity index is 2.69. The first-order valence-electron chi connectivity index (χ1n) is 5.38. The summed E-state index contributed by atoms with van der Waals surface area (Å²) in [6.45, 7) is 3.25. The van der Waals surface area contributed by atoms with Crippen LogP contribution in [0.2, 0.25) is 0 Å². The van der Waals surface area contributed by atoms with Crippen molar-refractivity contribution in [3.8, 4) is 0 Å². The van der Waals surface area contributed by atoms with E-state index in [0.29, 0.717) is 11.3 Å². The molecule has 5 heteroatoms. The van der Waals surface area contributed by atoms with Gasteiger partial charge in [-0.3, -0.25) is 0 Å². The second-order valence-electron chi connectivity index (χ2n) is 4.03. The van der Waals surface area contributed by atoms with Crippen LogP contribution in [0.25, 0.3) is 11.0 Å². The van der Waals surface area contributed by atoms with Gasteiger partial charge in [0.2, 0.25) is 0 Å². The molecule has 1 aromatic carbocycles. The molecule has 92 valence electrons. The second kappa shape index (κ2) is 4.61. The van der Waals surface area contributed by atoms with Crippen molar-refractivity contribution in [3.63, 3.8) is 0 Å². The van der Waals surface area contributed by atoms with Crippen molar-refractivity contribution in [2.24, 2.45) is 0 Å². The number of imidazole rings is 1. The van der Waals surface area contributed by atoms with Crippen molar-refractivity contribution >= 4 is 22.6 Å². The van der Waals surface area contributed by atoms with Gasteiger partial charge in [-0.05, 0) is 25.5 Å². The Kier molecular flexibility index (Phi) is 3.33. The molecule has 17 heavy (non-hydrogen) atoms. The molecule has 0 aliphatic carbocycles. The number of para-hydroxylation sites is 1. The van der Waals surface area contributed by atoms with Gasteiger partial charge >= 0.3 is 0 Å². The molecule has 0 amide bonds. The first-order valence-corrected chi connectivity index (χ1v) is 5.82. The monoisotopic (exact) mass is 258 g/mol. The van der Waals surface area contributed by atoms with Crippen LogP contribution in [0.5, 0.6) is 0 Å². The van der Waals surface area contributed by atoms with Gasteiger partial charge in [0, 0.05) is 0 Å². The van der Waals surface area contributed by atoms with Crippen molar-refractivity contribution in [2.75, 3.05) is 0 Å². The largest absolute Gasteiger partial charge is 0.321 e. The first kappa shape index (κ1) is 12.3. The molecule has 0 bridgehead atoms. The Bertz CT molecular complexity index is 535. The number of fused-ring (bicyclic) bond motifs is 1. The zero-order chi connectivity index (χ0) is 12.6. The predicted octanol–water partition coefficient (Wildman–Crippen LogP) is 3.91. The summed E-state index contributed by atoms with van der Waals surface area (Å²) in [6, 6.07) is 5.56. The SMILES string of the molecule is Cc1cccc2nc(C(C)Cl)n(CC(F)F)c12. The van der Waals surface area contributed by atoms with Crippen LogP contribution in [-0.4, -0.2) is 16.0 Å². The number of aromatic nitrogens is 2. The zero-order valence-corrected chi connectivity index (χ0v) is 10.4. The van der Waals surface area contributed by atoms with E-state index in [1.165, 1.54) is 4.57 Å². The lowest BCUT2D eigenvalue weighted by molar-refractivity contribution is 0.127. The molecule has 1 aromatic heterocycles. The van der Waals surface area contributed by atoms with Gasteiger partial charge in [0.15, 0.2) is 0 Å². The number of halogens is 3. The van der Waals surface area contributed by atoms with E-state index in [9.17, 15) is 8.78 Å². The van der Waals surface area contributed by atoms with E-state index < -0.39 is 6.43 Å². The van der Waals surface area contributed by atoms with Crippen LogP contribution in [0, 0.1) is 6.92 Å². The van der Waals surface area contributed by atoms with Gasteiger partial charge in [0.1, 0.15) is 5.82 Å². The molecule has 1 atom stereocenters. The summed E-state index contributed by atoms with van der Waals surface area (Å²) in [4.78, 5) is 4.32. The highest BCUT2D eigenvalue weighted by Crippen LogP contribution is 2.27. The van der Waals surface area contributed by atoms with Gasteiger partial charge in [-0.1, -0.05) is 12.1 Å². The van der Waals surface area contributed by atoms with Crippen LogP contribution in [0.15, 0.2) is 18.2 Å². The summed E-state index contributed by atoms with van der Waals surface area (Å²) in [6.07, 6.45) is -2.42. The number of alkyl halides is 3. The maximum atomic E-state index is 12.6. The Hall–Kier alpha value is -1.16. The van der Waals surface area contributed by atoms with Crippen LogP contribution in [0.4, 0.5) is 8.78 Å². The smallest absolute Gasteiger partial charge is 0.256 e. The molecule has 2 aromatic rings. The fourth-order valence-corrected chi connectivity index (χ4v) is 2.18.